The van der Waals surface area contributed by atoms with Gasteiger partial charge in [-0.1, -0.05) is 0 Å². The van der Waals surface area contributed by atoms with E-state index in [0.717, 1.165) is 31.5 Å². The van der Waals surface area contributed by atoms with Crippen LogP contribution in [0.1, 0.15) is 19.3 Å². The first kappa shape index (κ1) is 13.1. The highest BCUT2D eigenvalue weighted by Crippen LogP contribution is 2.26. The van der Waals surface area contributed by atoms with E-state index in [1.165, 1.54) is 6.42 Å². The number of likely N-dealkylation sites (tertiary alicyclic amines) is 1. The van der Waals surface area contributed by atoms with Gasteiger partial charge in [-0.3, -0.25) is 0 Å². The van der Waals surface area contributed by atoms with E-state index in [1.807, 2.05) is 0 Å². The van der Waals surface area contributed by atoms with Gasteiger partial charge in [-0.15, -0.1) is 0 Å². The molecule has 2 N–H and O–H groups in total. The molecule has 1 aliphatic heterocycles. The number of nitrogen functional groups attached to an aromatic ring is 1. The molecule has 1 aromatic rings. The van der Waals surface area contributed by atoms with E-state index in [1.54, 1.807) is 0 Å². The van der Waals surface area contributed by atoms with Crippen LogP contribution in [0.3, 0.4) is 0 Å². The molecule has 1 unspecified atom stereocenters. The van der Waals surface area contributed by atoms with Gasteiger partial charge in [0.05, 0.1) is 6.61 Å². The molecule has 0 radical (unpaired) electrons. The van der Waals surface area contributed by atoms with Crippen molar-refractivity contribution in [2.45, 2.75) is 25.3 Å². The van der Waals surface area contributed by atoms with Gasteiger partial charge in [0.2, 0.25) is 0 Å². The van der Waals surface area contributed by atoms with Crippen molar-refractivity contribution in [2.75, 3.05) is 25.9 Å². The van der Waals surface area contributed by atoms with Crippen LogP contribution >= 0.6 is 0 Å². The molecule has 0 aliphatic carbocycles. The lowest BCUT2D eigenvalue weighted by molar-refractivity contribution is 0.233. The number of rotatable bonds is 4. The third-order valence-electron chi connectivity index (χ3n) is 3.44. The van der Waals surface area contributed by atoms with Crippen molar-refractivity contribution in [1.82, 2.24) is 4.90 Å². The van der Waals surface area contributed by atoms with Crippen molar-refractivity contribution < 1.29 is 13.5 Å². The molecular formula is C13H18F2N2O. The highest BCUT2D eigenvalue weighted by molar-refractivity contribution is 5.53. The first-order chi connectivity index (χ1) is 8.58. The predicted octanol–water partition coefficient (Wildman–Crippen LogP) is 2.41. The van der Waals surface area contributed by atoms with Gasteiger partial charge in [0.15, 0.2) is 5.82 Å². The number of benzene rings is 1. The number of nitrogens with two attached hydrogens (primary N) is 1. The number of nitrogens with zero attached hydrogens (tertiary/aromatic N) is 1. The smallest absolute Gasteiger partial charge is 0.152 e. The summed E-state index contributed by atoms with van der Waals surface area (Å²) in [6, 6.07) is 2.37. The molecule has 1 aliphatic rings. The molecule has 1 fully saturated rings. The van der Waals surface area contributed by atoms with E-state index in [-0.39, 0.29) is 11.4 Å². The van der Waals surface area contributed by atoms with E-state index >= 15 is 0 Å². The minimum Gasteiger partial charge on any atom is -0.491 e. The average Bonchev–Trinajstić information content (AvgIpc) is 2.71. The molecule has 3 nitrogen and oxygen atoms in total. The molecule has 2 rings (SSSR count). The fraction of sp³-hybridized carbons (Fsp3) is 0.538. The minimum atomic E-state index is -0.775. The lowest BCUT2D eigenvalue weighted by atomic mass is 10.1. The minimum absolute atomic E-state index is 0.0909. The molecule has 0 saturated carbocycles. The van der Waals surface area contributed by atoms with E-state index in [0.29, 0.717) is 12.6 Å². The second-order valence-corrected chi connectivity index (χ2v) is 4.71. The predicted molar refractivity (Wildman–Crippen MR) is 66.5 cm³/mol. The third-order valence-corrected chi connectivity index (χ3v) is 3.44. The molecule has 0 bridgehead atoms. The van der Waals surface area contributed by atoms with Crippen molar-refractivity contribution in [1.29, 1.82) is 0 Å². The van der Waals surface area contributed by atoms with Gasteiger partial charge in [0, 0.05) is 18.2 Å². The molecule has 1 saturated heterocycles. The van der Waals surface area contributed by atoms with Crippen LogP contribution in [0.5, 0.6) is 5.75 Å². The Morgan fingerprint density at radius 1 is 1.44 bits per heavy atom. The third kappa shape index (κ3) is 2.90. The summed E-state index contributed by atoms with van der Waals surface area (Å²) in [7, 11) is 2.08. The Labute approximate surface area is 106 Å². The van der Waals surface area contributed by atoms with Crippen molar-refractivity contribution in [3.8, 4) is 5.75 Å². The normalized spacial score (nSPS) is 20.3. The highest BCUT2D eigenvalue weighted by Gasteiger charge is 2.20. The standard InChI is InChI=1S/C13H18F2N2O/c1-17-5-2-3-10(17)4-6-18-12-8-9(14)7-11(15)13(12)16/h7-8,10H,2-6,16H2,1H3. The monoisotopic (exact) mass is 256 g/mol. The van der Waals surface area contributed by atoms with Gasteiger partial charge in [-0.05, 0) is 32.9 Å². The zero-order valence-corrected chi connectivity index (χ0v) is 10.5. The summed E-state index contributed by atoms with van der Waals surface area (Å²) in [6.45, 7) is 1.52. The summed E-state index contributed by atoms with van der Waals surface area (Å²) in [5, 5.41) is 0. The first-order valence-electron chi connectivity index (χ1n) is 6.15. The van der Waals surface area contributed by atoms with Crippen LogP contribution in [0, 0.1) is 11.6 Å². The Morgan fingerprint density at radius 2 is 2.22 bits per heavy atom. The van der Waals surface area contributed by atoms with Crippen molar-refractivity contribution >= 4 is 5.69 Å². The van der Waals surface area contributed by atoms with Crippen molar-refractivity contribution in [2.24, 2.45) is 0 Å². The molecule has 5 heteroatoms. The number of hydrogen-bond donors (Lipinski definition) is 1. The Hall–Kier alpha value is -1.36. The van der Waals surface area contributed by atoms with Crippen molar-refractivity contribution in [3.63, 3.8) is 0 Å². The van der Waals surface area contributed by atoms with Gasteiger partial charge in [-0.2, -0.15) is 0 Å². The number of halogens is 2. The van der Waals surface area contributed by atoms with Gasteiger partial charge in [-0.25, -0.2) is 8.78 Å². The Morgan fingerprint density at radius 3 is 2.89 bits per heavy atom. The average molecular weight is 256 g/mol. The van der Waals surface area contributed by atoms with E-state index in [4.69, 9.17) is 10.5 Å². The summed E-state index contributed by atoms with van der Waals surface area (Å²) in [5.41, 5.74) is 5.37. The van der Waals surface area contributed by atoms with Gasteiger partial charge in [0.1, 0.15) is 17.3 Å². The van der Waals surface area contributed by atoms with Crippen LogP contribution in [0.15, 0.2) is 12.1 Å². The van der Waals surface area contributed by atoms with Crippen LogP contribution in [0.25, 0.3) is 0 Å². The number of ether oxygens (including phenoxy) is 1. The zero-order valence-electron chi connectivity index (χ0n) is 10.5. The van der Waals surface area contributed by atoms with E-state index < -0.39 is 11.6 Å². The number of hydrogen-bond acceptors (Lipinski definition) is 3. The summed E-state index contributed by atoms with van der Waals surface area (Å²) in [6.07, 6.45) is 3.18. The van der Waals surface area contributed by atoms with Gasteiger partial charge >= 0.3 is 0 Å². The molecule has 100 valence electrons. The summed E-state index contributed by atoms with van der Waals surface area (Å²) in [5.74, 6) is -1.36. The van der Waals surface area contributed by atoms with Crippen LogP contribution in [0.4, 0.5) is 14.5 Å². The van der Waals surface area contributed by atoms with Gasteiger partial charge in [0.25, 0.3) is 0 Å². The maximum atomic E-state index is 13.2. The lowest BCUT2D eigenvalue weighted by Gasteiger charge is -2.19. The molecular weight excluding hydrogens is 238 g/mol. The van der Waals surface area contributed by atoms with Crippen LogP contribution in [-0.2, 0) is 0 Å². The summed E-state index contributed by atoms with van der Waals surface area (Å²) >= 11 is 0. The molecule has 1 atom stereocenters. The molecule has 0 amide bonds. The first-order valence-corrected chi connectivity index (χ1v) is 6.15. The van der Waals surface area contributed by atoms with Gasteiger partial charge < -0.3 is 15.4 Å². The zero-order chi connectivity index (χ0) is 13.1. The second kappa shape index (κ2) is 5.52. The van der Waals surface area contributed by atoms with Crippen molar-refractivity contribution in [3.05, 3.63) is 23.8 Å². The SMILES string of the molecule is CN1CCCC1CCOc1cc(F)cc(F)c1N. The second-order valence-electron chi connectivity index (χ2n) is 4.71. The van der Waals surface area contributed by atoms with Crippen LogP contribution < -0.4 is 10.5 Å². The summed E-state index contributed by atoms with van der Waals surface area (Å²) in [4.78, 5) is 2.28. The van der Waals surface area contributed by atoms with E-state index in [2.05, 4.69) is 11.9 Å². The molecule has 1 heterocycles. The highest BCUT2D eigenvalue weighted by atomic mass is 19.1. The van der Waals surface area contributed by atoms with E-state index in [9.17, 15) is 8.78 Å². The fourth-order valence-corrected chi connectivity index (χ4v) is 2.33. The topological polar surface area (TPSA) is 38.5 Å². The lowest BCUT2D eigenvalue weighted by Crippen LogP contribution is -2.26. The molecule has 0 aromatic heterocycles. The maximum Gasteiger partial charge on any atom is 0.152 e. The molecule has 18 heavy (non-hydrogen) atoms. The summed E-state index contributed by atoms with van der Waals surface area (Å²) < 4.78 is 31.6. The quantitative estimate of drug-likeness (QED) is 0.841. The van der Waals surface area contributed by atoms with Crippen LogP contribution in [0.2, 0.25) is 0 Å². The largest absolute Gasteiger partial charge is 0.491 e. The Kier molecular flexibility index (Phi) is 4.01. The number of anilines is 1. The Bertz CT molecular complexity index is 426. The Balaban J connectivity index is 1.90. The molecule has 0 spiro atoms. The maximum absolute atomic E-state index is 13.2. The molecule has 1 aromatic carbocycles. The fourth-order valence-electron chi connectivity index (χ4n) is 2.33. The van der Waals surface area contributed by atoms with Crippen LogP contribution in [-0.4, -0.2) is 31.1 Å².